The lowest BCUT2D eigenvalue weighted by Gasteiger charge is -2.12. The highest BCUT2D eigenvalue weighted by Gasteiger charge is 2.20. The van der Waals surface area contributed by atoms with Gasteiger partial charge in [-0.15, -0.1) is 0 Å². The molecule has 0 aliphatic rings. The highest BCUT2D eigenvalue weighted by molar-refractivity contribution is 6.00. The lowest BCUT2D eigenvalue weighted by molar-refractivity contribution is -0.608. The highest BCUT2D eigenvalue weighted by atomic mass is 16.5. The van der Waals surface area contributed by atoms with E-state index < -0.39 is 11.7 Å². The normalized spacial score (nSPS) is 10.0. The molecule has 0 unspecified atom stereocenters. The van der Waals surface area contributed by atoms with Crippen LogP contribution < -0.4 is 18.9 Å². The number of rotatable bonds is 6. The number of benzene rings is 1. The molecule has 114 valence electrons. The van der Waals surface area contributed by atoms with Gasteiger partial charge in [-0.1, -0.05) is 12.1 Å². The number of pyridine rings is 1. The topological polar surface area (TPSA) is 91.9 Å². The first-order valence-corrected chi connectivity index (χ1v) is 6.35. The van der Waals surface area contributed by atoms with E-state index in [9.17, 15) is 10.0 Å². The number of methoxy groups -OCH3 is 1. The first-order chi connectivity index (χ1) is 10.5. The van der Waals surface area contributed by atoms with E-state index >= 15 is 0 Å². The van der Waals surface area contributed by atoms with E-state index in [2.05, 4.69) is 0 Å². The third-order valence-electron chi connectivity index (χ3n) is 2.98. The molecule has 0 fully saturated rings. The molecular formula is C14H14BNO6. The van der Waals surface area contributed by atoms with Crippen LogP contribution in [0.25, 0.3) is 0 Å². The smallest absolute Gasteiger partial charge is 0.402 e. The summed E-state index contributed by atoms with van der Waals surface area (Å²) in [6, 6.07) is 8.34. The fourth-order valence-electron chi connectivity index (χ4n) is 1.81. The number of nitrogens with zero attached hydrogens (tertiary/aromatic N) is 1. The molecule has 0 aliphatic heterocycles. The zero-order valence-corrected chi connectivity index (χ0v) is 12.1. The SMILES string of the molecule is BOc1cc(C(=O)O)[n+]([O-])cc1OCc1ccc(OC)cc1. The van der Waals surface area contributed by atoms with Crippen molar-refractivity contribution in [1.82, 2.24) is 0 Å². The predicted molar refractivity (Wildman–Crippen MR) is 78.9 cm³/mol. The number of hydrogen-bond donors (Lipinski definition) is 1. The van der Waals surface area contributed by atoms with Crippen molar-refractivity contribution in [3.8, 4) is 17.2 Å². The fraction of sp³-hybridized carbons (Fsp3) is 0.143. The highest BCUT2D eigenvalue weighted by Crippen LogP contribution is 2.26. The quantitative estimate of drug-likeness (QED) is 0.475. The third-order valence-corrected chi connectivity index (χ3v) is 2.98. The molecule has 1 aromatic heterocycles. The molecule has 0 atom stereocenters. The third kappa shape index (κ3) is 3.40. The number of carboxylic acids is 1. The summed E-state index contributed by atoms with van der Waals surface area (Å²) < 4.78 is 15.9. The molecular weight excluding hydrogens is 289 g/mol. The van der Waals surface area contributed by atoms with Crippen molar-refractivity contribution >= 4 is 14.0 Å². The van der Waals surface area contributed by atoms with Gasteiger partial charge in [0.1, 0.15) is 12.4 Å². The maximum atomic E-state index is 11.6. The van der Waals surface area contributed by atoms with Gasteiger partial charge >= 0.3 is 19.7 Å². The van der Waals surface area contributed by atoms with Crippen LogP contribution in [0.5, 0.6) is 17.2 Å². The molecule has 0 bridgehead atoms. The molecule has 0 saturated carbocycles. The van der Waals surface area contributed by atoms with E-state index in [1.54, 1.807) is 19.2 Å². The zero-order chi connectivity index (χ0) is 16.1. The Balaban J connectivity index is 2.17. The van der Waals surface area contributed by atoms with Gasteiger partial charge in [-0.3, -0.25) is 0 Å². The van der Waals surface area contributed by atoms with Crippen molar-refractivity contribution in [2.75, 3.05) is 7.11 Å². The van der Waals surface area contributed by atoms with Crippen molar-refractivity contribution in [2.45, 2.75) is 6.61 Å². The molecule has 1 heterocycles. The summed E-state index contributed by atoms with van der Waals surface area (Å²) in [7, 11) is 2.95. The number of aromatic carboxylic acids is 1. The molecule has 1 aromatic carbocycles. The molecule has 0 radical (unpaired) electrons. The minimum Gasteiger partial charge on any atom is -0.618 e. The van der Waals surface area contributed by atoms with E-state index in [-0.39, 0.29) is 22.8 Å². The summed E-state index contributed by atoms with van der Waals surface area (Å²) in [5.41, 5.74) is 0.427. The van der Waals surface area contributed by atoms with Gasteiger partial charge in [0.05, 0.1) is 13.2 Å². The van der Waals surface area contributed by atoms with Crippen LogP contribution in [0.1, 0.15) is 16.1 Å². The van der Waals surface area contributed by atoms with Crippen LogP contribution >= 0.6 is 0 Å². The van der Waals surface area contributed by atoms with Crippen molar-refractivity contribution in [3.63, 3.8) is 0 Å². The van der Waals surface area contributed by atoms with Gasteiger partial charge in [0, 0.05) is 0 Å². The van der Waals surface area contributed by atoms with Crippen molar-refractivity contribution in [1.29, 1.82) is 0 Å². The maximum absolute atomic E-state index is 11.6. The summed E-state index contributed by atoms with van der Waals surface area (Å²) >= 11 is 0. The predicted octanol–water partition coefficient (Wildman–Crippen LogP) is 0.533. The number of carboxylic acid groups (broad SMARTS) is 1. The lowest BCUT2D eigenvalue weighted by atomic mass is 10.2. The molecule has 2 rings (SSSR count). The monoisotopic (exact) mass is 303 g/mol. The Kier molecular flexibility index (Phi) is 4.72. The average molecular weight is 303 g/mol. The minimum absolute atomic E-state index is 0.165. The first-order valence-electron chi connectivity index (χ1n) is 6.35. The van der Waals surface area contributed by atoms with Gasteiger partial charge in [0.2, 0.25) is 11.9 Å². The molecule has 22 heavy (non-hydrogen) atoms. The Hall–Kier alpha value is -2.90. The summed E-state index contributed by atoms with van der Waals surface area (Å²) in [4.78, 5) is 10.9. The van der Waals surface area contributed by atoms with E-state index in [1.165, 1.54) is 8.05 Å². The number of aromatic nitrogens is 1. The molecule has 7 nitrogen and oxygen atoms in total. The lowest BCUT2D eigenvalue weighted by Crippen LogP contribution is -2.34. The Morgan fingerprint density at radius 3 is 2.55 bits per heavy atom. The Morgan fingerprint density at radius 1 is 1.32 bits per heavy atom. The van der Waals surface area contributed by atoms with E-state index in [1.807, 2.05) is 12.1 Å². The summed E-state index contributed by atoms with van der Waals surface area (Å²) in [5.74, 6) is -0.268. The second kappa shape index (κ2) is 6.71. The summed E-state index contributed by atoms with van der Waals surface area (Å²) in [6.07, 6.45) is 1.03. The van der Waals surface area contributed by atoms with Crippen LogP contribution in [0.15, 0.2) is 36.5 Å². The van der Waals surface area contributed by atoms with Gasteiger partial charge in [-0.2, -0.15) is 4.73 Å². The number of carbonyl (C=O) groups is 1. The van der Waals surface area contributed by atoms with Gasteiger partial charge in [0.25, 0.3) is 0 Å². The van der Waals surface area contributed by atoms with Gasteiger partial charge in [0.15, 0.2) is 5.75 Å². The molecule has 0 saturated heterocycles. The molecule has 8 heteroatoms. The van der Waals surface area contributed by atoms with Crippen LogP contribution in [0.4, 0.5) is 0 Å². The molecule has 1 N–H and O–H groups in total. The molecule has 0 aliphatic carbocycles. The van der Waals surface area contributed by atoms with Crippen LogP contribution in [0.3, 0.4) is 0 Å². The van der Waals surface area contributed by atoms with Crippen LogP contribution in [0, 0.1) is 5.21 Å². The zero-order valence-electron chi connectivity index (χ0n) is 12.1. The molecule has 0 amide bonds. The molecule has 2 aromatic rings. The standard InChI is InChI=1S/C14H14BNO6/c1-20-10-4-2-9(3-5-10)8-21-13-7-16(19)11(14(17)18)6-12(13)22-15/h2-7H,8,15H2,1H3,(H,17,18). The minimum atomic E-state index is -1.34. The van der Waals surface area contributed by atoms with E-state index in [0.29, 0.717) is 0 Å². The Labute approximate surface area is 127 Å². The van der Waals surface area contributed by atoms with Crippen LogP contribution in [-0.4, -0.2) is 26.2 Å². The van der Waals surface area contributed by atoms with Crippen LogP contribution in [0.2, 0.25) is 0 Å². The van der Waals surface area contributed by atoms with Crippen molar-refractivity contribution in [2.24, 2.45) is 0 Å². The van der Waals surface area contributed by atoms with E-state index in [0.717, 1.165) is 23.6 Å². The number of ether oxygens (including phenoxy) is 2. The Bertz CT molecular complexity index is 674. The second-order valence-corrected chi connectivity index (χ2v) is 4.36. The first kappa shape index (κ1) is 15.5. The van der Waals surface area contributed by atoms with Gasteiger partial charge in [-0.25, -0.2) is 4.79 Å². The van der Waals surface area contributed by atoms with E-state index in [4.69, 9.17) is 19.2 Å². The summed E-state index contributed by atoms with van der Waals surface area (Å²) in [5, 5.41) is 20.5. The molecule has 0 spiro atoms. The van der Waals surface area contributed by atoms with Gasteiger partial charge in [-0.05, 0) is 17.7 Å². The average Bonchev–Trinajstić information content (AvgIpc) is 2.53. The fourth-order valence-corrected chi connectivity index (χ4v) is 1.81. The van der Waals surface area contributed by atoms with Crippen LogP contribution in [-0.2, 0) is 6.61 Å². The number of hydrogen-bond acceptors (Lipinski definition) is 5. The van der Waals surface area contributed by atoms with Crippen molar-refractivity contribution < 1.29 is 28.8 Å². The maximum Gasteiger partial charge on any atom is 0.402 e. The van der Waals surface area contributed by atoms with Crippen molar-refractivity contribution in [3.05, 3.63) is 53.0 Å². The van der Waals surface area contributed by atoms with Gasteiger partial charge < -0.3 is 24.4 Å². The Morgan fingerprint density at radius 2 is 2.00 bits per heavy atom. The summed E-state index contributed by atoms with van der Waals surface area (Å²) in [6.45, 7) is 0.201. The largest absolute Gasteiger partial charge is 0.618 e. The second-order valence-electron chi connectivity index (χ2n) is 4.36.